The first-order chi connectivity index (χ1) is 9.70. The lowest BCUT2D eigenvalue weighted by Crippen LogP contribution is -2.30. The fraction of sp³-hybridized carbons (Fsp3) is 0.200. The molecule has 0 aliphatic heterocycles. The van der Waals surface area contributed by atoms with E-state index in [2.05, 4.69) is 5.32 Å². The van der Waals surface area contributed by atoms with Crippen molar-refractivity contribution in [1.82, 2.24) is 9.88 Å². The van der Waals surface area contributed by atoms with E-state index in [1.54, 1.807) is 19.1 Å². The molecule has 20 heavy (non-hydrogen) atoms. The largest absolute Gasteiger partial charge is 0.465 e. The quantitative estimate of drug-likeness (QED) is 0.844. The van der Waals surface area contributed by atoms with Gasteiger partial charge in [-0.25, -0.2) is 0 Å². The second-order valence-electron chi connectivity index (χ2n) is 4.12. The molecule has 1 aromatic heterocycles. The number of amides is 1. The van der Waals surface area contributed by atoms with Gasteiger partial charge in [-0.05, 0) is 43.3 Å². The summed E-state index contributed by atoms with van der Waals surface area (Å²) in [7, 11) is 0. The van der Waals surface area contributed by atoms with E-state index in [0.29, 0.717) is 12.2 Å². The highest BCUT2D eigenvalue weighted by atomic mass is 16.5. The van der Waals surface area contributed by atoms with E-state index in [-0.39, 0.29) is 12.5 Å². The van der Waals surface area contributed by atoms with Gasteiger partial charge in [-0.3, -0.25) is 9.59 Å². The predicted octanol–water partition coefficient (Wildman–Crippen LogP) is 1.77. The van der Waals surface area contributed by atoms with Crippen LogP contribution in [0.15, 0.2) is 48.8 Å². The minimum Gasteiger partial charge on any atom is -0.465 e. The van der Waals surface area contributed by atoms with Crippen LogP contribution in [-0.4, -0.2) is 29.6 Å². The minimum absolute atomic E-state index is 0.119. The van der Waals surface area contributed by atoms with Crippen molar-refractivity contribution in [2.24, 2.45) is 0 Å². The monoisotopic (exact) mass is 272 g/mol. The highest BCUT2D eigenvalue weighted by Crippen LogP contribution is 2.09. The van der Waals surface area contributed by atoms with Crippen LogP contribution in [0.25, 0.3) is 5.69 Å². The number of hydrogen-bond donors (Lipinski definition) is 1. The van der Waals surface area contributed by atoms with E-state index in [0.717, 1.165) is 5.69 Å². The zero-order chi connectivity index (χ0) is 14.4. The first-order valence-electron chi connectivity index (χ1n) is 6.38. The standard InChI is InChI=1S/C15H16N2O3/c1-2-20-14(18)11-16-15(19)12-5-7-13(8-6-12)17-9-3-4-10-17/h3-10H,2,11H2,1H3,(H,16,19). The second kappa shape index (κ2) is 6.56. The molecule has 1 heterocycles. The van der Waals surface area contributed by atoms with Crippen LogP contribution in [0.4, 0.5) is 0 Å². The van der Waals surface area contributed by atoms with Gasteiger partial charge in [0.1, 0.15) is 6.54 Å². The summed E-state index contributed by atoms with van der Waals surface area (Å²) in [4.78, 5) is 23.0. The van der Waals surface area contributed by atoms with Crippen molar-refractivity contribution in [2.75, 3.05) is 13.2 Å². The average molecular weight is 272 g/mol. The number of esters is 1. The molecule has 0 aliphatic carbocycles. The van der Waals surface area contributed by atoms with E-state index in [1.165, 1.54) is 0 Å². The Bertz CT molecular complexity index is 574. The first kappa shape index (κ1) is 13.9. The highest BCUT2D eigenvalue weighted by molar-refractivity contribution is 5.96. The van der Waals surface area contributed by atoms with Gasteiger partial charge in [-0.1, -0.05) is 0 Å². The lowest BCUT2D eigenvalue weighted by atomic mass is 10.2. The fourth-order valence-electron chi connectivity index (χ4n) is 1.76. The molecule has 0 aliphatic rings. The van der Waals surface area contributed by atoms with Gasteiger partial charge >= 0.3 is 5.97 Å². The van der Waals surface area contributed by atoms with Crippen LogP contribution < -0.4 is 5.32 Å². The molecule has 5 nitrogen and oxygen atoms in total. The van der Waals surface area contributed by atoms with Gasteiger partial charge in [-0.15, -0.1) is 0 Å². The average Bonchev–Trinajstić information content (AvgIpc) is 2.99. The Hall–Kier alpha value is -2.56. The van der Waals surface area contributed by atoms with Crippen molar-refractivity contribution in [1.29, 1.82) is 0 Å². The summed E-state index contributed by atoms with van der Waals surface area (Å²) in [6, 6.07) is 11.0. The van der Waals surface area contributed by atoms with Crippen LogP contribution >= 0.6 is 0 Å². The summed E-state index contributed by atoms with van der Waals surface area (Å²) in [6.07, 6.45) is 3.85. The number of nitrogens with zero attached hydrogens (tertiary/aromatic N) is 1. The summed E-state index contributed by atoms with van der Waals surface area (Å²) in [5.41, 5.74) is 1.47. The van der Waals surface area contributed by atoms with Gasteiger partial charge in [-0.2, -0.15) is 0 Å². The van der Waals surface area contributed by atoms with Crippen molar-refractivity contribution >= 4 is 11.9 Å². The maximum atomic E-state index is 11.8. The second-order valence-corrected chi connectivity index (χ2v) is 4.12. The van der Waals surface area contributed by atoms with E-state index >= 15 is 0 Å². The molecule has 2 rings (SSSR count). The van der Waals surface area contributed by atoms with Crippen molar-refractivity contribution in [3.63, 3.8) is 0 Å². The molecule has 5 heteroatoms. The molecule has 0 fully saturated rings. The molecule has 0 unspecified atom stereocenters. The predicted molar refractivity (Wildman–Crippen MR) is 74.7 cm³/mol. The van der Waals surface area contributed by atoms with Crippen LogP contribution in [-0.2, 0) is 9.53 Å². The SMILES string of the molecule is CCOC(=O)CNC(=O)c1ccc(-n2cccc2)cc1. The number of nitrogens with one attached hydrogen (secondary N) is 1. The Balaban J connectivity index is 1.96. The Kier molecular flexibility index (Phi) is 4.55. The summed E-state index contributed by atoms with van der Waals surface area (Å²) < 4.78 is 6.68. The normalized spacial score (nSPS) is 10.1. The first-order valence-corrected chi connectivity index (χ1v) is 6.38. The lowest BCUT2D eigenvalue weighted by Gasteiger charge is -2.06. The third kappa shape index (κ3) is 3.47. The molecular formula is C15H16N2O3. The van der Waals surface area contributed by atoms with E-state index < -0.39 is 5.97 Å². The fourth-order valence-corrected chi connectivity index (χ4v) is 1.76. The third-order valence-corrected chi connectivity index (χ3v) is 2.73. The molecular weight excluding hydrogens is 256 g/mol. The van der Waals surface area contributed by atoms with E-state index in [4.69, 9.17) is 4.74 Å². The van der Waals surface area contributed by atoms with Crippen LogP contribution in [0, 0.1) is 0 Å². The Labute approximate surface area is 117 Å². The molecule has 0 saturated heterocycles. The smallest absolute Gasteiger partial charge is 0.325 e. The van der Waals surface area contributed by atoms with E-state index in [9.17, 15) is 9.59 Å². The van der Waals surface area contributed by atoms with Gasteiger partial charge in [0.2, 0.25) is 0 Å². The van der Waals surface area contributed by atoms with Crippen LogP contribution in [0.2, 0.25) is 0 Å². The number of benzene rings is 1. The zero-order valence-corrected chi connectivity index (χ0v) is 11.2. The molecule has 2 aromatic rings. The van der Waals surface area contributed by atoms with Crippen molar-refractivity contribution in [3.8, 4) is 5.69 Å². The molecule has 1 aromatic carbocycles. The molecule has 0 atom stereocenters. The van der Waals surface area contributed by atoms with Crippen molar-refractivity contribution in [2.45, 2.75) is 6.92 Å². The van der Waals surface area contributed by atoms with Gasteiger partial charge in [0.05, 0.1) is 6.61 Å². The Morgan fingerprint density at radius 2 is 1.80 bits per heavy atom. The van der Waals surface area contributed by atoms with Crippen LogP contribution in [0.1, 0.15) is 17.3 Å². The maximum absolute atomic E-state index is 11.8. The van der Waals surface area contributed by atoms with E-state index in [1.807, 2.05) is 41.2 Å². The summed E-state index contributed by atoms with van der Waals surface area (Å²) in [5.74, 6) is -0.734. The Morgan fingerprint density at radius 1 is 1.15 bits per heavy atom. The molecule has 0 radical (unpaired) electrons. The molecule has 0 saturated carbocycles. The summed E-state index contributed by atoms with van der Waals surface area (Å²) in [6.45, 7) is 1.91. The highest BCUT2D eigenvalue weighted by Gasteiger charge is 2.08. The molecule has 104 valence electrons. The lowest BCUT2D eigenvalue weighted by molar-refractivity contribution is -0.141. The number of hydrogen-bond acceptors (Lipinski definition) is 3. The van der Waals surface area contributed by atoms with Gasteiger partial charge in [0.25, 0.3) is 5.91 Å². The number of carbonyl (C=O) groups excluding carboxylic acids is 2. The van der Waals surface area contributed by atoms with Crippen molar-refractivity contribution in [3.05, 3.63) is 54.4 Å². The number of aromatic nitrogens is 1. The summed E-state index contributed by atoms with van der Waals surface area (Å²) in [5, 5.41) is 2.52. The number of rotatable bonds is 5. The third-order valence-electron chi connectivity index (χ3n) is 2.73. The van der Waals surface area contributed by atoms with Crippen LogP contribution in [0.3, 0.4) is 0 Å². The number of carbonyl (C=O) groups is 2. The molecule has 1 N–H and O–H groups in total. The van der Waals surface area contributed by atoms with Gasteiger partial charge in [0.15, 0.2) is 0 Å². The minimum atomic E-state index is -0.440. The Morgan fingerprint density at radius 3 is 2.40 bits per heavy atom. The molecule has 0 spiro atoms. The van der Waals surface area contributed by atoms with Crippen molar-refractivity contribution < 1.29 is 14.3 Å². The number of ether oxygens (including phenoxy) is 1. The maximum Gasteiger partial charge on any atom is 0.325 e. The molecule has 0 bridgehead atoms. The topological polar surface area (TPSA) is 60.3 Å². The van der Waals surface area contributed by atoms with Gasteiger partial charge in [0, 0.05) is 23.6 Å². The zero-order valence-electron chi connectivity index (χ0n) is 11.2. The van der Waals surface area contributed by atoms with Gasteiger partial charge < -0.3 is 14.6 Å². The van der Waals surface area contributed by atoms with Crippen LogP contribution in [0.5, 0.6) is 0 Å². The summed E-state index contributed by atoms with van der Waals surface area (Å²) >= 11 is 0. The molecule has 1 amide bonds.